The van der Waals surface area contributed by atoms with Gasteiger partial charge in [0.25, 0.3) is 0 Å². The highest BCUT2D eigenvalue weighted by Crippen LogP contribution is 2.34. The molecule has 1 saturated heterocycles. The highest BCUT2D eigenvalue weighted by Gasteiger charge is 2.36. The van der Waals surface area contributed by atoms with Crippen LogP contribution in [0.1, 0.15) is 24.5 Å². The van der Waals surface area contributed by atoms with Crippen LogP contribution in [0.3, 0.4) is 0 Å². The van der Waals surface area contributed by atoms with Crippen molar-refractivity contribution in [3.63, 3.8) is 0 Å². The molecule has 1 unspecified atom stereocenters. The van der Waals surface area contributed by atoms with Crippen LogP contribution in [0.25, 0.3) is 0 Å². The maximum atomic E-state index is 12.8. The second-order valence-corrected chi connectivity index (χ2v) is 9.62. The maximum absolute atomic E-state index is 12.8. The topological polar surface area (TPSA) is 105 Å². The Morgan fingerprint density at radius 2 is 1.94 bits per heavy atom. The van der Waals surface area contributed by atoms with Gasteiger partial charge >= 0.3 is 0 Å². The van der Waals surface area contributed by atoms with Crippen molar-refractivity contribution in [1.82, 2.24) is 0 Å². The highest BCUT2D eigenvalue weighted by atomic mass is 32.2. The van der Waals surface area contributed by atoms with Gasteiger partial charge in [-0.15, -0.1) is 0 Å². The van der Waals surface area contributed by atoms with E-state index in [1.54, 1.807) is 44.1 Å². The van der Waals surface area contributed by atoms with E-state index < -0.39 is 15.9 Å². The molecule has 0 radical (unpaired) electrons. The normalized spacial score (nSPS) is 16.3. The first-order valence-corrected chi connectivity index (χ1v) is 11.7. The zero-order chi connectivity index (χ0) is 22.8. The van der Waals surface area contributed by atoms with Crippen LogP contribution in [-0.2, 0) is 19.6 Å². The van der Waals surface area contributed by atoms with Gasteiger partial charge in [0.15, 0.2) is 0 Å². The number of aryl methyl sites for hydroxylation is 2. The molecule has 0 spiro atoms. The van der Waals surface area contributed by atoms with Crippen LogP contribution in [0.4, 0.5) is 17.1 Å². The van der Waals surface area contributed by atoms with E-state index in [0.717, 1.165) is 5.56 Å². The van der Waals surface area contributed by atoms with E-state index in [2.05, 4.69) is 10.0 Å². The lowest BCUT2D eigenvalue weighted by molar-refractivity contribution is -0.122. The molecule has 1 aliphatic rings. The quantitative estimate of drug-likeness (QED) is 0.682. The first-order chi connectivity index (χ1) is 14.6. The number of methoxy groups -OCH3 is 1. The van der Waals surface area contributed by atoms with Crippen molar-refractivity contribution >= 4 is 38.9 Å². The molecule has 2 aromatic carbocycles. The lowest BCUT2D eigenvalue weighted by atomic mass is 10.1. The van der Waals surface area contributed by atoms with Crippen LogP contribution in [0.2, 0.25) is 0 Å². The van der Waals surface area contributed by atoms with E-state index in [1.165, 1.54) is 0 Å². The Bertz CT molecular complexity index is 1110. The summed E-state index contributed by atoms with van der Waals surface area (Å²) in [5, 5.41) is 2.83. The van der Waals surface area contributed by atoms with Crippen molar-refractivity contribution in [2.24, 2.45) is 5.92 Å². The average Bonchev–Trinajstić information content (AvgIpc) is 3.11. The van der Waals surface area contributed by atoms with Crippen LogP contribution in [0, 0.1) is 19.8 Å². The number of rotatable bonds is 7. The fraction of sp³-hybridized carbons (Fsp3) is 0.364. The van der Waals surface area contributed by atoms with E-state index in [9.17, 15) is 18.0 Å². The number of benzene rings is 2. The second kappa shape index (κ2) is 8.97. The lowest BCUT2D eigenvalue weighted by Crippen LogP contribution is -2.28. The van der Waals surface area contributed by atoms with Gasteiger partial charge in [-0.2, -0.15) is 0 Å². The maximum Gasteiger partial charge on any atom is 0.232 e. The molecular formula is C22H27N3O5S. The third kappa shape index (κ3) is 5.16. The average molecular weight is 446 g/mol. The Morgan fingerprint density at radius 1 is 1.19 bits per heavy atom. The number of carbonyl (C=O) groups excluding carboxylic acids is 2. The van der Waals surface area contributed by atoms with Gasteiger partial charge in [0.05, 0.1) is 30.2 Å². The molecule has 1 aliphatic heterocycles. The summed E-state index contributed by atoms with van der Waals surface area (Å²) in [7, 11) is -1.84. The molecule has 3 rings (SSSR count). The van der Waals surface area contributed by atoms with Crippen molar-refractivity contribution in [3.05, 3.63) is 47.5 Å². The van der Waals surface area contributed by atoms with Gasteiger partial charge in [-0.3, -0.25) is 14.3 Å². The zero-order valence-electron chi connectivity index (χ0n) is 18.1. The molecule has 2 amide bonds. The summed E-state index contributed by atoms with van der Waals surface area (Å²) in [5.74, 6) is -0.339. The largest absolute Gasteiger partial charge is 0.495 e. The summed E-state index contributed by atoms with van der Waals surface area (Å²) in [6, 6.07) is 10.5. The Labute approximate surface area is 182 Å². The molecule has 1 heterocycles. The molecule has 0 saturated carbocycles. The van der Waals surface area contributed by atoms with Gasteiger partial charge in [-0.25, -0.2) is 8.42 Å². The third-order valence-electron chi connectivity index (χ3n) is 5.26. The van der Waals surface area contributed by atoms with Crippen molar-refractivity contribution in [1.29, 1.82) is 0 Å². The van der Waals surface area contributed by atoms with E-state index in [4.69, 9.17) is 4.74 Å². The number of hydrogen-bond donors (Lipinski definition) is 2. The Hall–Kier alpha value is -3.07. The van der Waals surface area contributed by atoms with Crippen molar-refractivity contribution < 1.29 is 22.7 Å². The Morgan fingerprint density at radius 3 is 2.58 bits per heavy atom. The number of ether oxygens (including phenoxy) is 1. The molecule has 0 aromatic heterocycles. The lowest BCUT2D eigenvalue weighted by Gasteiger charge is -2.20. The van der Waals surface area contributed by atoms with Crippen molar-refractivity contribution in [2.75, 3.05) is 34.3 Å². The first-order valence-electron chi connectivity index (χ1n) is 10.0. The molecule has 31 heavy (non-hydrogen) atoms. The molecule has 2 aromatic rings. The molecule has 9 heteroatoms. The number of anilines is 3. The van der Waals surface area contributed by atoms with E-state index in [0.29, 0.717) is 28.4 Å². The number of sulfonamides is 1. The minimum Gasteiger partial charge on any atom is -0.495 e. The Kier molecular flexibility index (Phi) is 6.54. The fourth-order valence-electron chi connectivity index (χ4n) is 3.47. The van der Waals surface area contributed by atoms with E-state index in [-0.39, 0.29) is 30.5 Å². The Balaban J connectivity index is 1.71. The molecule has 8 nitrogen and oxygen atoms in total. The number of carbonyl (C=O) groups is 2. The zero-order valence-corrected chi connectivity index (χ0v) is 18.9. The molecule has 1 fully saturated rings. The third-order valence-corrected chi connectivity index (χ3v) is 6.55. The predicted molar refractivity (Wildman–Crippen MR) is 121 cm³/mol. The SMILES string of the molecule is CCS(=O)(=O)Nc1ccc(NC(=O)C2CC(=O)N(c3cc(C)ccc3OC)C2)cc1C. The smallest absolute Gasteiger partial charge is 0.232 e. The monoisotopic (exact) mass is 445 g/mol. The van der Waals surface area contributed by atoms with Crippen LogP contribution >= 0.6 is 0 Å². The number of hydrogen-bond acceptors (Lipinski definition) is 5. The van der Waals surface area contributed by atoms with Crippen molar-refractivity contribution in [2.45, 2.75) is 27.2 Å². The van der Waals surface area contributed by atoms with Crippen LogP contribution < -0.4 is 19.7 Å². The highest BCUT2D eigenvalue weighted by molar-refractivity contribution is 7.92. The van der Waals surface area contributed by atoms with Gasteiger partial charge in [-0.1, -0.05) is 6.07 Å². The molecule has 1 atom stereocenters. The van der Waals surface area contributed by atoms with Crippen molar-refractivity contribution in [3.8, 4) is 5.75 Å². The molecule has 0 bridgehead atoms. The van der Waals surface area contributed by atoms with E-state index >= 15 is 0 Å². The minimum atomic E-state index is -3.38. The fourth-order valence-corrected chi connectivity index (χ4v) is 4.18. The summed E-state index contributed by atoms with van der Waals surface area (Å²) in [6.45, 7) is 5.51. The summed E-state index contributed by atoms with van der Waals surface area (Å²) < 4.78 is 31.4. The van der Waals surface area contributed by atoms with Gasteiger partial charge in [0, 0.05) is 18.7 Å². The van der Waals surface area contributed by atoms with Gasteiger partial charge < -0.3 is 15.0 Å². The van der Waals surface area contributed by atoms with Gasteiger partial charge in [0.2, 0.25) is 21.8 Å². The molecule has 0 aliphatic carbocycles. The molecule has 2 N–H and O–H groups in total. The second-order valence-electron chi connectivity index (χ2n) is 7.61. The van der Waals surface area contributed by atoms with Gasteiger partial charge in [0.1, 0.15) is 5.75 Å². The standard InChI is InChI=1S/C22H27N3O5S/c1-5-31(28,29)24-18-8-7-17(11-15(18)3)23-22(27)16-12-21(26)25(13-16)19-10-14(2)6-9-20(19)30-4/h6-11,16,24H,5,12-13H2,1-4H3,(H,23,27). The van der Waals surface area contributed by atoms with Crippen LogP contribution in [0.15, 0.2) is 36.4 Å². The van der Waals surface area contributed by atoms with E-state index in [1.807, 2.05) is 25.1 Å². The number of amides is 2. The number of nitrogens with one attached hydrogen (secondary N) is 2. The summed E-state index contributed by atoms with van der Waals surface area (Å²) >= 11 is 0. The summed E-state index contributed by atoms with van der Waals surface area (Å²) in [4.78, 5) is 27.0. The molecule has 166 valence electrons. The first kappa shape index (κ1) is 22.6. The predicted octanol–water partition coefficient (Wildman–Crippen LogP) is 3.07. The van der Waals surface area contributed by atoms with Crippen LogP contribution in [0.5, 0.6) is 5.75 Å². The summed E-state index contributed by atoms with van der Waals surface area (Å²) in [5.41, 5.74) is 3.34. The minimum absolute atomic E-state index is 0.0249. The van der Waals surface area contributed by atoms with Crippen LogP contribution in [-0.4, -0.2) is 39.6 Å². The molecular weight excluding hydrogens is 418 g/mol. The number of nitrogens with zero attached hydrogens (tertiary/aromatic N) is 1. The van der Waals surface area contributed by atoms with Gasteiger partial charge in [-0.05, 0) is 62.2 Å². The summed E-state index contributed by atoms with van der Waals surface area (Å²) in [6.07, 6.45) is 0.107.